The molecule has 1 aromatic carbocycles. The summed E-state index contributed by atoms with van der Waals surface area (Å²) in [5.41, 5.74) is 2.68. The second-order valence-corrected chi connectivity index (χ2v) is 9.98. The summed E-state index contributed by atoms with van der Waals surface area (Å²) in [6.07, 6.45) is 6.20. The van der Waals surface area contributed by atoms with E-state index in [-0.39, 0.29) is 17.6 Å². The van der Waals surface area contributed by atoms with Gasteiger partial charge in [-0.1, -0.05) is 12.6 Å². The number of nitrogens with zero attached hydrogens (tertiary/aromatic N) is 1. The van der Waals surface area contributed by atoms with E-state index in [1.807, 2.05) is 0 Å². The summed E-state index contributed by atoms with van der Waals surface area (Å²) in [5, 5.41) is 12.4. The molecule has 1 aromatic rings. The van der Waals surface area contributed by atoms with Gasteiger partial charge in [0.15, 0.2) is 11.5 Å². The monoisotopic (exact) mass is 368 g/mol. The van der Waals surface area contributed by atoms with Crippen LogP contribution in [0.4, 0.5) is 0 Å². The minimum Gasteiger partial charge on any atom is -0.493 e. The largest absolute Gasteiger partial charge is 0.493 e. The van der Waals surface area contributed by atoms with E-state index in [4.69, 9.17) is 9.47 Å². The molecule has 0 radical (unpaired) electrons. The third-order valence-corrected chi connectivity index (χ3v) is 8.63. The fourth-order valence-electron chi connectivity index (χ4n) is 7.22. The summed E-state index contributed by atoms with van der Waals surface area (Å²) in [4.78, 5) is 0. The Morgan fingerprint density at radius 1 is 1.33 bits per heavy atom. The summed E-state index contributed by atoms with van der Waals surface area (Å²) in [5.74, 6) is 2.53. The molecule has 1 saturated heterocycles. The smallest absolute Gasteiger partial charge is 0.166 e. The highest BCUT2D eigenvalue weighted by Gasteiger charge is 2.75. The number of rotatable bonds is 3. The van der Waals surface area contributed by atoms with Crippen LogP contribution in [0.25, 0.3) is 0 Å². The first-order valence-electron chi connectivity index (χ1n) is 10.5. The maximum atomic E-state index is 12.4. The molecule has 2 aliphatic heterocycles. The average Bonchev–Trinajstić information content (AvgIpc) is 3.37. The first-order valence-corrected chi connectivity index (χ1v) is 10.5. The minimum absolute atomic E-state index is 0.112. The number of likely N-dealkylation sites (N-methyl/N-ethyl adjacent to an activating group) is 1. The number of benzene rings is 1. The molecule has 2 saturated carbocycles. The van der Waals surface area contributed by atoms with Crippen molar-refractivity contribution in [1.82, 2.24) is 0 Å². The van der Waals surface area contributed by atoms with E-state index in [2.05, 4.69) is 25.8 Å². The maximum Gasteiger partial charge on any atom is 0.166 e. The van der Waals surface area contributed by atoms with Gasteiger partial charge in [-0.2, -0.15) is 0 Å². The van der Waals surface area contributed by atoms with Gasteiger partial charge in [0.25, 0.3) is 0 Å². The Kier molecular flexibility index (Phi) is 2.98. The van der Waals surface area contributed by atoms with Crippen molar-refractivity contribution in [3.05, 3.63) is 35.4 Å². The lowest BCUT2D eigenvalue weighted by molar-refractivity contribution is -0.950. The Labute approximate surface area is 161 Å². The summed E-state index contributed by atoms with van der Waals surface area (Å²) in [6, 6.07) is 4.52. The highest BCUT2D eigenvalue weighted by atomic mass is 16.5. The molecule has 3 fully saturated rings. The van der Waals surface area contributed by atoms with Crippen LogP contribution in [0.3, 0.4) is 0 Å². The number of methoxy groups -OCH3 is 1. The fraction of sp³-hybridized carbons (Fsp3) is 0.652. The van der Waals surface area contributed by atoms with Crippen molar-refractivity contribution in [2.75, 3.05) is 27.2 Å². The van der Waals surface area contributed by atoms with Gasteiger partial charge in [-0.15, -0.1) is 0 Å². The molecule has 0 amide bonds. The van der Waals surface area contributed by atoms with Gasteiger partial charge in [-0.3, -0.25) is 0 Å². The third kappa shape index (κ3) is 1.78. The van der Waals surface area contributed by atoms with E-state index in [1.165, 1.54) is 30.5 Å². The van der Waals surface area contributed by atoms with Crippen LogP contribution in [-0.2, 0) is 11.8 Å². The van der Waals surface area contributed by atoms with Crippen molar-refractivity contribution in [3.63, 3.8) is 0 Å². The van der Waals surface area contributed by atoms with Gasteiger partial charge in [-0.05, 0) is 42.9 Å². The Morgan fingerprint density at radius 3 is 2.89 bits per heavy atom. The molecule has 27 heavy (non-hydrogen) atoms. The molecule has 2 bridgehead atoms. The second-order valence-electron chi connectivity index (χ2n) is 9.98. The van der Waals surface area contributed by atoms with Gasteiger partial charge < -0.3 is 19.1 Å². The van der Waals surface area contributed by atoms with Gasteiger partial charge >= 0.3 is 0 Å². The molecule has 4 nitrogen and oxygen atoms in total. The Balaban J connectivity index is 1.59. The number of hydrogen-bond donors (Lipinski definition) is 1. The standard InChI is InChI=1S/C23H30NO3/c1-14-8-9-23(25)18-12-16-6-7-17(26-3)20-19(16)22(23,21(14)27-20)10-11-24(18,2)13-15-4-5-15/h6-7,15,18,21,25H,1,4-5,8-13H2,2-3H3/q+1/t18-,21+,22+,23?,24?/m1/s1. The van der Waals surface area contributed by atoms with Crippen LogP contribution in [0, 0.1) is 5.92 Å². The van der Waals surface area contributed by atoms with Gasteiger partial charge in [0.1, 0.15) is 17.7 Å². The lowest BCUT2D eigenvalue weighted by Crippen LogP contribution is -2.80. The van der Waals surface area contributed by atoms with E-state index in [9.17, 15) is 5.11 Å². The third-order valence-electron chi connectivity index (χ3n) is 8.63. The van der Waals surface area contributed by atoms with Crippen LogP contribution >= 0.6 is 0 Å². The van der Waals surface area contributed by atoms with E-state index < -0.39 is 5.60 Å². The van der Waals surface area contributed by atoms with E-state index in [0.717, 1.165) is 59.7 Å². The molecule has 1 N–H and O–H groups in total. The minimum atomic E-state index is -0.717. The Morgan fingerprint density at radius 2 is 2.15 bits per heavy atom. The molecule has 2 heterocycles. The van der Waals surface area contributed by atoms with E-state index >= 15 is 0 Å². The number of piperidine rings is 1. The van der Waals surface area contributed by atoms with Crippen LogP contribution in [0.15, 0.2) is 24.3 Å². The highest BCUT2D eigenvalue weighted by molar-refractivity contribution is 5.63. The first kappa shape index (κ1) is 16.4. The van der Waals surface area contributed by atoms with Crippen molar-refractivity contribution in [1.29, 1.82) is 0 Å². The predicted molar refractivity (Wildman–Crippen MR) is 103 cm³/mol. The topological polar surface area (TPSA) is 38.7 Å². The zero-order valence-corrected chi connectivity index (χ0v) is 16.5. The summed E-state index contributed by atoms with van der Waals surface area (Å²) < 4.78 is 13.2. The second kappa shape index (κ2) is 4.90. The van der Waals surface area contributed by atoms with Crippen molar-refractivity contribution in [2.24, 2.45) is 5.92 Å². The lowest BCUT2D eigenvalue weighted by Gasteiger charge is -2.65. The number of likely N-dealkylation sites (tertiary alicyclic amines) is 1. The average molecular weight is 368 g/mol. The van der Waals surface area contributed by atoms with Gasteiger partial charge in [0.2, 0.25) is 0 Å². The van der Waals surface area contributed by atoms with E-state index in [1.54, 1.807) is 7.11 Å². The first-order chi connectivity index (χ1) is 12.9. The molecule has 5 aliphatic rings. The van der Waals surface area contributed by atoms with Crippen LogP contribution in [-0.4, -0.2) is 54.6 Å². The van der Waals surface area contributed by atoms with Crippen molar-refractivity contribution in [3.8, 4) is 11.5 Å². The summed E-state index contributed by atoms with van der Waals surface area (Å²) in [7, 11) is 4.11. The normalized spacial score (nSPS) is 43.9. The maximum absolute atomic E-state index is 12.4. The van der Waals surface area contributed by atoms with Crippen LogP contribution in [0.5, 0.6) is 11.5 Å². The highest BCUT2D eigenvalue weighted by Crippen LogP contribution is 2.67. The number of hydrogen-bond acceptors (Lipinski definition) is 3. The number of ether oxygens (including phenoxy) is 2. The molecule has 144 valence electrons. The van der Waals surface area contributed by atoms with Crippen LogP contribution in [0.1, 0.15) is 43.2 Å². The fourth-order valence-corrected chi connectivity index (χ4v) is 7.22. The van der Waals surface area contributed by atoms with Crippen molar-refractivity contribution < 1.29 is 19.1 Å². The SMILES string of the molecule is C=C1CCC2(O)[C@H]3Cc4ccc(OC)c5c4[C@@]2(CC[N+]3(C)CC2CC2)[C@H]1O5. The molecule has 2 unspecified atom stereocenters. The van der Waals surface area contributed by atoms with Gasteiger partial charge in [-0.25, -0.2) is 0 Å². The molecule has 6 rings (SSSR count). The quantitative estimate of drug-likeness (QED) is 0.659. The summed E-state index contributed by atoms with van der Waals surface area (Å²) in [6.45, 7) is 6.70. The van der Waals surface area contributed by atoms with Gasteiger partial charge in [0.05, 0.1) is 32.7 Å². The lowest BCUT2D eigenvalue weighted by atomic mass is 9.48. The van der Waals surface area contributed by atoms with Crippen molar-refractivity contribution in [2.45, 2.75) is 61.7 Å². The van der Waals surface area contributed by atoms with E-state index in [0.29, 0.717) is 0 Å². The molecular formula is C23H30NO3+. The number of quaternary nitrogens is 1. The Bertz CT molecular complexity index is 861. The molecular weight excluding hydrogens is 338 g/mol. The van der Waals surface area contributed by atoms with Gasteiger partial charge in [0, 0.05) is 24.3 Å². The summed E-state index contributed by atoms with van der Waals surface area (Å²) >= 11 is 0. The van der Waals surface area contributed by atoms with Crippen LogP contribution < -0.4 is 9.47 Å². The molecule has 5 atom stereocenters. The Hall–Kier alpha value is -1.52. The molecule has 3 aliphatic carbocycles. The molecule has 4 heteroatoms. The molecule has 1 spiro atoms. The molecule has 0 aromatic heterocycles. The van der Waals surface area contributed by atoms with Crippen molar-refractivity contribution >= 4 is 0 Å². The predicted octanol–water partition coefficient (Wildman–Crippen LogP) is 2.96. The number of aliphatic hydroxyl groups is 1. The zero-order chi connectivity index (χ0) is 18.6. The zero-order valence-electron chi connectivity index (χ0n) is 16.5. The van der Waals surface area contributed by atoms with Crippen LogP contribution in [0.2, 0.25) is 0 Å².